The third-order valence-electron chi connectivity index (χ3n) is 3.74. The molecular formula is C18H33IN4O3S. The lowest BCUT2D eigenvalue weighted by Crippen LogP contribution is -2.37. The van der Waals surface area contributed by atoms with Crippen LogP contribution in [0.4, 0.5) is 0 Å². The summed E-state index contributed by atoms with van der Waals surface area (Å²) in [5.74, 6) is 0.689. The van der Waals surface area contributed by atoms with Crippen molar-refractivity contribution in [1.29, 1.82) is 0 Å². The zero-order valence-electron chi connectivity index (χ0n) is 16.5. The molecule has 0 spiro atoms. The highest BCUT2D eigenvalue weighted by molar-refractivity contribution is 14.0. The lowest BCUT2D eigenvalue weighted by Gasteiger charge is -2.12. The summed E-state index contributed by atoms with van der Waals surface area (Å²) in [6, 6.07) is 7.51. The monoisotopic (exact) mass is 512 g/mol. The normalized spacial score (nSPS) is 11.7. The largest absolute Gasteiger partial charge is 0.381 e. The van der Waals surface area contributed by atoms with Crippen LogP contribution in [0.5, 0.6) is 0 Å². The fourth-order valence-electron chi connectivity index (χ4n) is 2.26. The number of aliphatic imine (C=N–C) groups is 1. The minimum absolute atomic E-state index is 0. The first-order valence-corrected chi connectivity index (χ1v) is 10.7. The van der Waals surface area contributed by atoms with Gasteiger partial charge in [0.05, 0.1) is 5.75 Å². The first kappa shape index (κ1) is 26.1. The van der Waals surface area contributed by atoms with E-state index in [2.05, 4.69) is 27.3 Å². The molecule has 0 radical (unpaired) electrons. The molecule has 0 saturated carbocycles. The Morgan fingerprint density at radius 1 is 1.15 bits per heavy atom. The van der Waals surface area contributed by atoms with Gasteiger partial charge in [-0.3, -0.25) is 4.99 Å². The molecule has 0 amide bonds. The lowest BCUT2D eigenvalue weighted by molar-refractivity contribution is 0.129. The molecule has 0 aromatic heterocycles. The topological polar surface area (TPSA) is 91.8 Å². The summed E-state index contributed by atoms with van der Waals surface area (Å²) in [6.45, 7) is 5.07. The summed E-state index contributed by atoms with van der Waals surface area (Å²) in [6.07, 6.45) is 3.17. The van der Waals surface area contributed by atoms with Crippen molar-refractivity contribution < 1.29 is 13.2 Å². The second-order valence-electron chi connectivity index (χ2n) is 5.96. The van der Waals surface area contributed by atoms with E-state index in [0.717, 1.165) is 50.1 Å². The molecule has 1 rings (SSSR count). The number of sulfonamides is 1. The van der Waals surface area contributed by atoms with Gasteiger partial charge in [0, 0.05) is 33.4 Å². The van der Waals surface area contributed by atoms with Crippen LogP contribution in [0.2, 0.25) is 0 Å². The Balaban J connectivity index is 0.00000676. The van der Waals surface area contributed by atoms with Crippen LogP contribution < -0.4 is 15.4 Å². The van der Waals surface area contributed by atoms with Gasteiger partial charge in [-0.25, -0.2) is 13.1 Å². The van der Waals surface area contributed by atoms with Crippen molar-refractivity contribution >= 4 is 40.0 Å². The number of benzene rings is 1. The first-order chi connectivity index (χ1) is 12.5. The summed E-state index contributed by atoms with van der Waals surface area (Å²) >= 11 is 0. The van der Waals surface area contributed by atoms with Crippen LogP contribution in [-0.4, -0.2) is 48.2 Å². The molecule has 0 aliphatic heterocycles. The van der Waals surface area contributed by atoms with Crippen LogP contribution in [0.15, 0.2) is 29.3 Å². The molecule has 0 aliphatic rings. The Kier molecular flexibility index (Phi) is 14.6. The zero-order valence-corrected chi connectivity index (χ0v) is 19.6. The van der Waals surface area contributed by atoms with E-state index in [-0.39, 0.29) is 29.7 Å². The molecule has 1 aromatic carbocycles. The number of nitrogens with zero attached hydrogens (tertiary/aromatic N) is 1. The summed E-state index contributed by atoms with van der Waals surface area (Å²) in [5, 5.41) is 6.48. The van der Waals surface area contributed by atoms with Gasteiger partial charge >= 0.3 is 0 Å². The van der Waals surface area contributed by atoms with Crippen molar-refractivity contribution in [3.8, 4) is 0 Å². The van der Waals surface area contributed by atoms with E-state index in [9.17, 15) is 8.42 Å². The average molecular weight is 512 g/mol. The Hall–Kier alpha value is -0.910. The van der Waals surface area contributed by atoms with Gasteiger partial charge < -0.3 is 15.4 Å². The smallest absolute Gasteiger partial charge is 0.215 e. The second kappa shape index (κ2) is 15.1. The van der Waals surface area contributed by atoms with Crippen LogP contribution in [0, 0.1) is 0 Å². The van der Waals surface area contributed by atoms with Gasteiger partial charge in [-0.05, 0) is 31.0 Å². The molecule has 0 atom stereocenters. The molecule has 0 fully saturated rings. The average Bonchev–Trinajstić information content (AvgIpc) is 2.63. The number of halogens is 1. The predicted molar refractivity (Wildman–Crippen MR) is 122 cm³/mol. The molecule has 3 N–H and O–H groups in total. The highest BCUT2D eigenvalue weighted by atomic mass is 127. The fraction of sp³-hybridized carbons (Fsp3) is 0.611. The van der Waals surface area contributed by atoms with Crippen molar-refractivity contribution in [3.63, 3.8) is 0 Å². The van der Waals surface area contributed by atoms with Gasteiger partial charge in [0.1, 0.15) is 0 Å². The molecule has 156 valence electrons. The molecule has 9 heteroatoms. The number of hydrogen-bond donors (Lipinski definition) is 3. The quantitative estimate of drug-likeness (QED) is 0.173. The molecule has 0 aliphatic carbocycles. The van der Waals surface area contributed by atoms with E-state index in [1.54, 1.807) is 7.05 Å². The Bertz CT molecular complexity index is 654. The number of rotatable bonds is 12. The van der Waals surface area contributed by atoms with Crippen LogP contribution in [0.25, 0.3) is 0 Å². The van der Waals surface area contributed by atoms with E-state index in [0.29, 0.717) is 12.5 Å². The second-order valence-corrected chi connectivity index (χ2v) is 7.88. The standard InChI is InChI=1S/C18H32N4O3S.HI/c1-4-5-11-25-12-7-10-21-18(19-2)22-14-16-8-6-9-17(13-16)15-26(23,24)20-3;/h6,8-9,13,20H,4-5,7,10-12,14-15H2,1-3H3,(H2,19,21,22);1H. The first-order valence-electron chi connectivity index (χ1n) is 9.02. The van der Waals surface area contributed by atoms with Gasteiger partial charge in [-0.1, -0.05) is 37.6 Å². The maximum atomic E-state index is 11.7. The van der Waals surface area contributed by atoms with E-state index >= 15 is 0 Å². The van der Waals surface area contributed by atoms with Crippen LogP contribution in [0.1, 0.15) is 37.3 Å². The number of hydrogen-bond acceptors (Lipinski definition) is 4. The molecule has 0 saturated heterocycles. The molecule has 27 heavy (non-hydrogen) atoms. The van der Waals surface area contributed by atoms with Crippen molar-refractivity contribution in [2.75, 3.05) is 33.9 Å². The van der Waals surface area contributed by atoms with E-state index < -0.39 is 10.0 Å². The number of guanidine groups is 1. The van der Waals surface area contributed by atoms with E-state index in [1.165, 1.54) is 7.05 Å². The fourth-order valence-corrected chi connectivity index (χ4v) is 3.02. The summed E-state index contributed by atoms with van der Waals surface area (Å²) in [4.78, 5) is 4.19. The van der Waals surface area contributed by atoms with Gasteiger partial charge in [0.25, 0.3) is 0 Å². The molecule has 0 unspecified atom stereocenters. The van der Waals surface area contributed by atoms with E-state index in [4.69, 9.17) is 4.74 Å². The van der Waals surface area contributed by atoms with Crippen molar-refractivity contribution in [3.05, 3.63) is 35.4 Å². The van der Waals surface area contributed by atoms with Crippen LogP contribution in [0.3, 0.4) is 0 Å². The lowest BCUT2D eigenvalue weighted by atomic mass is 10.1. The SMILES string of the molecule is CCCCOCCCNC(=NC)NCc1cccc(CS(=O)(=O)NC)c1.I. The van der Waals surface area contributed by atoms with Crippen molar-refractivity contribution in [2.24, 2.45) is 4.99 Å². The molecule has 7 nitrogen and oxygen atoms in total. The molecule has 0 heterocycles. The zero-order chi connectivity index (χ0) is 19.3. The van der Waals surface area contributed by atoms with Crippen LogP contribution in [-0.2, 0) is 27.1 Å². The van der Waals surface area contributed by atoms with Gasteiger partial charge in [-0.2, -0.15) is 0 Å². The minimum Gasteiger partial charge on any atom is -0.381 e. The molecule has 1 aromatic rings. The van der Waals surface area contributed by atoms with Crippen molar-refractivity contribution in [2.45, 2.75) is 38.5 Å². The maximum absolute atomic E-state index is 11.7. The third kappa shape index (κ3) is 12.2. The summed E-state index contributed by atoms with van der Waals surface area (Å²) in [7, 11) is -0.120. The highest BCUT2D eigenvalue weighted by Gasteiger charge is 2.08. The Morgan fingerprint density at radius 2 is 1.85 bits per heavy atom. The predicted octanol–water partition coefficient (Wildman–Crippen LogP) is 2.23. The number of unbranched alkanes of at least 4 members (excludes halogenated alkanes) is 1. The Morgan fingerprint density at radius 3 is 2.52 bits per heavy atom. The van der Waals surface area contributed by atoms with Gasteiger partial charge in [0.15, 0.2) is 5.96 Å². The number of nitrogens with one attached hydrogen (secondary N) is 3. The summed E-state index contributed by atoms with van der Waals surface area (Å²) < 4.78 is 31.2. The molecule has 0 bridgehead atoms. The minimum atomic E-state index is -3.27. The number of ether oxygens (including phenoxy) is 1. The van der Waals surface area contributed by atoms with Gasteiger partial charge in [0.2, 0.25) is 10.0 Å². The highest BCUT2D eigenvalue weighted by Crippen LogP contribution is 2.08. The van der Waals surface area contributed by atoms with Crippen LogP contribution >= 0.6 is 24.0 Å². The summed E-state index contributed by atoms with van der Waals surface area (Å²) in [5.41, 5.74) is 1.76. The maximum Gasteiger partial charge on any atom is 0.215 e. The Labute approximate surface area is 180 Å². The van der Waals surface area contributed by atoms with Crippen molar-refractivity contribution in [1.82, 2.24) is 15.4 Å². The molecular weight excluding hydrogens is 479 g/mol. The van der Waals surface area contributed by atoms with E-state index in [1.807, 2.05) is 24.3 Å². The third-order valence-corrected chi connectivity index (χ3v) is 5.08. The van der Waals surface area contributed by atoms with Gasteiger partial charge in [-0.15, -0.1) is 24.0 Å².